The number of hydrogen-bond acceptors (Lipinski definition) is 6. The van der Waals surface area contributed by atoms with Crippen LogP contribution in [0.4, 0.5) is 5.69 Å². The number of Topliss-reactive ketones (excluding diaryl/α,β-unsaturated/α-hetero) is 1. The summed E-state index contributed by atoms with van der Waals surface area (Å²) < 4.78 is 2.15. The smallest absolute Gasteiger partial charge is 0.270 e. The number of aromatic nitrogens is 4. The van der Waals surface area contributed by atoms with Crippen LogP contribution in [0.25, 0.3) is 33.4 Å². The average molecular weight is 421 g/mol. The SMILES string of the molecule is CCn1ccc2cc(-c3cc(-c4nnc(SCC(C)=O)[nH]4)cc([N+](=O)[O-])c3)ccc21. The molecule has 4 aromatic rings. The van der Waals surface area contributed by atoms with Gasteiger partial charge in [-0.25, -0.2) is 0 Å². The molecule has 0 unspecified atom stereocenters. The Morgan fingerprint density at radius 3 is 2.67 bits per heavy atom. The topological polar surface area (TPSA) is 107 Å². The molecule has 0 aliphatic rings. The fourth-order valence-corrected chi connectivity index (χ4v) is 3.89. The van der Waals surface area contributed by atoms with Crippen molar-refractivity contribution < 1.29 is 9.72 Å². The molecule has 0 atom stereocenters. The van der Waals surface area contributed by atoms with E-state index in [4.69, 9.17) is 0 Å². The van der Waals surface area contributed by atoms with Gasteiger partial charge in [-0.2, -0.15) is 0 Å². The van der Waals surface area contributed by atoms with Crippen molar-refractivity contribution in [1.82, 2.24) is 19.7 Å². The van der Waals surface area contributed by atoms with Gasteiger partial charge in [0.2, 0.25) is 0 Å². The van der Waals surface area contributed by atoms with Crippen LogP contribution in [0.1, 0.15) is 13.8 Å². The number of aromatic amines is 1. The number of aryl methyl sites for hydroxylation is 1. The zero-order chi connectivity index (χ0) is 21.3. The molecule has 8 nitrogen and oxygen atoms in total. The minimum Gasteiger partial charge on any atom is -0.348 e. The van der Waals surface area contributed by atoms with Gasteiger partial charge in [0.15, 0.2) is 11.0 Å². The highest BCUT2D eigenvalue weighted by Crippen LogP contribution is 2.32. The summed E-state index contributed by atoms with van der Waals surface area (Å²) in [6.07, 6.45) is 2.03. The van der Waals surface area contributed by atoms with Gasteiger partial charge in [0, 0.05) is 41.3 Å². The van der Waals surface area contributed by atoms with Gasteiger partial charge in [-0.15, -0.1) is 10.2 Å². The largest absolute Gasteiger partial charge is 0.348 e. The van der Waals surface area contributed by atoms with Crippen LogP contribution in [0.15, 0.2) is 53.8 Å². The molecule has 1 N–H and O–H groups in total. The highest BCUT2D eigenvalue weighted by molar-refractivity contribution is 7.99. The maximum absolute atomic E-state index is 11.5. The Labute approximate surface area is 176 Å². The van der Waals surface area contributed by atoms with Crippen molar-refractivity contribution in [3.05, 3.63) is 58.8 Å². The van der Waals surface area contributed by atoms with Gasteiger partial charge in [-0.1, -0.05) is 17.8 Å². The monoisotopic (exact) mass is 421 g/mol. The maximum Gasteiger partial charge on any atom is 0.270 e. The molecule has 0 radical (unpaired) electrons. The summed E-state index contributed by atoms with van der Waals surface area (Å²) in [4.78, 5) is 25.3. The number of ketones is 1. The average Bonchev–Trinajstić information content (AvgIpc) is 3.38. The van der Waals surface area contributed by atoms with Crippen molar-refractivity contribution in [2.75, 3.05) is 5.75 Å². The third-order valence-electron chi connectivity index (χ3n) is 4.73. The Balaban J connectivity index is 1.75. The lowest BCUT2D eigenvalue weighted by Crippen LogP contribution is -1.93. The van der Waals surface area contributed by atoms with E-state index in [9.17, 15) is 14.9 Å². The van der Waals surface area contributed by atoms with Crippen LogP contribution >= 0.6 is 11.8 Å². The Morgan fingerprint density at radius 2 is 1.93 bits per heavy atom. The second-order valence-electron chi connectivity index (χ2n) is 6.87. The molecule has 30 heavy (non-hydrogen) atoms. The van der Waals surface area contributed by atoms with Crippen molar-refractivity contribution in [1.29, 1.82) is 0 Å². The lowest BCUT2D eigenvalue weighted by atomic mass is 10.0. The van der Waals surface area contributed by atoms with E-state index in [1.165, 1.54) is 24.8 Å². The number of hydrogen-bond donors (Lipinski definition) is 1. The number of nitro groups is 1. The molecule has 0 amide bonds. The molecule has 4 rings (SSSR count). The summed E-state index contributed by atoms with van der Waals surface area (Å²) >= 11 is 1.25. The summed E-state index contributed by atoms with van der Waals surface area (Å²) in [5, 5.41) is 21.2. The highest BCUT2D eigenvalue weighted by Gasteiger charge is 2.15. The first-order chi connectivity index (χ1) is 14.4. The molecule has 0 fully saturated rings. The number of carbonyl (C=O) groups excluding carboxylic acids is 1. The molecular weight excluding hydrogens is 402 g/mol. The predicted octanol–water partition coefficient (Wildman–Crippen LogP) is 4.70. The second kappa shape index (κ2) is 8.11. The third kappa shape index (κ3) is 3.97. The molecular formula is C21H19N5O3S. The molecule has 0 spiro atoms. The minimum absolute atomic E-state index is 0.0249. The van der Waals surface area contributed by atoms with Crippen molar-refractivity contribution in [3.8, 4) is 22.5 Å². The van der Waals surface area contributed by atoms with Gasteiger partial charge in [-0.3, -0.25) is 14.9 Å². The quantitative estimate of drug-likeness (QED) is 0.263. The van der Waals surface area contributed by atoms with Crippen molar-refractivity contribution in [2.45, 2.75) is 25.5 Å². The number of fused-ring (bicyclic) bond motifs is 1. The Kier molecular flexibility index (Phi) is 5.37. The summed E-state index contributed by atoms with van der Waals surface area (Å²) in [5.41, 5.74) is 3.26. The van der Waals surface area contributed by atoms with E-state index in [2.05, 4.69) is 26.7 Å². The highest BCUT2D eigenvalue weighted by atomic mass is 32.2. The number of H-pyrrole nitrogens is 1. The lowest BCUT2D eigenvalue weighted by molar-refractivity contribution is -0.384. The summed E-state index contributed by atoms with van der Waals surface area (Å²) in [5.74, 6) is 0.735. The number of carbonyl (C=O) groups is 1. The first-order valence-electron chi connectivity index (χ1n) is 9.38. The van der Waals surface area contributed by atoms with Gasteiger partial charge >= 0.3 is 0 Å². The summed E-state index contributed by atoms with van der Waals surface area (Å²) in [6.45, 7) is 4.46. The lowest BCUT2D eigenvalue weighted by Gasteiger charge is -2.06. The summed E-state index contributed by atoms with van der Waals surface area (Å²) in [6, 6.07) is 12.9. The normalized spacial score (nSPS) is 11.1. The maximum atomic E-state index is 11.5. The minimum atomic E-state index is -0.416. The van der Waals surface area contributed by atoms with Gasteiger partial charge < -0.3 is 9.55 Å². The summed E-state index contributed by atoms with van der Waals surface area (Å²) in [7, 11) is 0. The number of thioether (sulfide) groups is 1. The molecule has 0 aliphatic heterocycles. The van der Waals surface area contributed by atoms with Crippen LogP contribution in [-0.4, -0.2) is 36.2 Å². The first-order valence-corrected chi connectivity index (χ1v) is 10.4. The van der Waals surface area contributed by atoms with Gasteiger partial charge in [0.05, 0.1) is 10.7 Å². The predicted molar refractivity (Wildman–Crippen MR) is 116 cm³/mol. The fraction of sp³-hybridized carbons (Fsp3) is 0.190. The van der Waals surface area contributed by atoms with Crippen LogP contribution in [0.3, 0.4) is 0 Å². The van der Waals surface area contributed by atoms with E-state index in [1.54, 1.807) is 6.07 Å². The molecule has 152 valence electrons. The van der Waals surface area contributed by atoms with E-state index in [1.807, 2.05) is 36.5 Å². The zero-order valence-electron chi connectivity index (χ0n) is 16.5. The Hall–Kier alpha value is -3.46. The van der Waals surface area contributed by atoms with Crippen molar-refractivity contribution in [3.63, 3.8) is 0 Å². The number of non-ortho nitro benzene ring substituents is 1. The van der Waals surface area contributed by atoms with Crippen LogP contribution in [-0.2, 0) is 11.3 Å². The van der Waals surface area contributed by atoms with Crippen LogP contribution in [0, 0.1) is 10.1 Å². The molecule has 2 heterocycles. The van der Waals surface area contributed by atoms with E-state index in [-0.39, 0.29) is 17.2 Å². The zero-order valence-corrected chi connectivity index (χ0v) is 17.3. The molecule has 0 bridgehead atoms. The number of nitrogens with one attached hydrogen (secondary N) is 1. The van der Waals surface area contributed by atoms with E-state index < -0.39 is 4.92 Å². The van der Waals surface area contributed by atoms with Gasteiger partial charge in [-0.05, 0) is 49.2 Å². The third-order valence-corrected chi connectivity index (χ3v) is 5.73. The number of rotatable bonds is 7. The Morgan fingerprint density at radius 1 is 1.13 bits per heavy atom. The van der Waals surface area contributed by atoms with E-state index in [0.717, 1.165) is 28.6 Å². The molecule has 0 saturated heterocycles. The fourth-order valence-electron chi connectivity index (χ4n) is 3.29. The van der Waals surface area contributed by atoms with Gasteiger partial charge in [0.1, 0.15) is 5.78 Å². The molecule has 0 saturated carbocycles. The molecule has 0 aliphatic carbocycles. The van der Waals surface area contributed by atoms with Crippen molar-refractivity contribution in [2.24, 2.45) is 0 Å². The molecule has 9 heteroatoms. The van der Waals surface area contributed by atoms with Crippen molar-refractivity contribution >= 4 is 34.1 Å². The van der Waals surface area contributed by atoms with E-state index >= 15 is 0 Å². The Bertz CT molecular complexity index is 1260. The number of benzene rings is 2. The number of nitrogens with zero attached hydrogens (tertiary/aromatic N) is 4. The number of nitro benzene ring substituents is 1. The van der Waals surface area contributed by atoms with E-state index in [0.29, 0.717) is 16.5 Å². The van der Waals surface area contributed by atoms with Crippen LogP contribution in [0.5, 0.6) is 0 Å². The molecule has 2 aromatic carbocycles. The first kappa shape index (κ1) is 19.8. The van der Waals surface area contributed by atoms with Crippen LogP contribution < -0.4 is 0 Å². The standard InChI is InChI=1S/C21H19N5O3S/c1-3-25-7-6-15-8-14(4-5-19(15)25)16-9-17(11-18(10-16)26(28)29)20-22-21(24-23-20)30-12-13(2)27/h4-11H,3,12H2,1-2H3,(H,22,23,24). The molecule has 2 aromatic heterocycles. The van der Waals surface area contributed by atoms with Gasteiger partial charge in [0.25, 0.3) is 5.69 Å². The van der Waals surface area contributed by atoms with Crippen LogP contribution in [0.2, 0.25) is 0 Å². The second-order valence-corrected chi connectivity index (χ2v) is 7.83.